The van der Waals surface area contributed by atoms with Crippen molar-refractivity contribution in [3.05, 3.63) is 17.5 Å². The number of rotatable bonds is 4. The third-order valence-electron chi connectivity index (χ3n) is 4.85. The van der Waals surface area contributed by atoms with E-state index in [0.717, 1.165) is 24.2 Å². The average Bonchev–Trinajstić information content (AvgIpc) is 3.06. The van der Waals surface area contributed by atoms with Crippen molar-refractivity contribution in [1.82, 2.24) is 15.4 Å². The van der Waals surface area contributed by atoms with Crippen molar-refractivity contribution in [3.63, 3.8) is 0 Å². The van der Waals surface area contributed by atoms with Crippen molar-refractivity contribution >= 4 is 17.9 Å². The first kappa shape index (κ1) is 16.5. The van der Waals surface area contributed by atoms with Gasteiger partial charge in [0.2, 0.25) is 0 Å². The summed E-state index contributed by atoms with van der Waals surface area (Å²) < 4.78 is 9.95. The van der Waals surface area contributed by atoms with Gasteiger partial charge in [-0.25, -0.2) is 4.79 Å². The summed E-state index contributed by atoms with van der Waals surface area (Å²) in [6, 6.07) is 1.13. The van der Waals surface area contributed by atoms with Crippen LogP contribution in [0.2, 0.25) is 0 Å². The monoisotopic (exact) mass is 335 g/mol. The number of carbonyl (C=O) groups excluding carboxylic acids is 3. The van der Waals surface area contributed by atoms with Crippen LogP contribution in [0.4, 0.5) is 4.79 Å². The number of urea groups is 1. The number of imide groups is 1. The summed E-state index contributed by atoms with van der Waals surface area (Å²) in [7, 11) is 0. The maximum absolute atomic E-state index is 12.7. The lowest BCUT2D eigenvalue weighted by molar-refractivity contribution is -0.149. The fraction of sp³-hybridized carbons (Fsp3) is 0.625. The summed E-state index contributed by atoms with van der Waals surface area (Å²) in [5, 5.41) is 6.52. The number of aryl methyl sites for hydroxylation is 1. The molecular weight excluding hydrogens is 314 g/mol. The minimum Gasteiger partial charge on any atom is -0.458 e. The lowest BCUT2D eigenvalue weighted by Gasteiger charge is -2.36. The maximum atomic E-state index is 12.7. The number of nitrogens with zero attached hydrogens (tertiary/aromatic N) is 2. The fourth-order valence-corrected chi connectivity index (χ4v) is 3.45. The predicted molar refractivity (Wildman–Crippen MR) is 81.6 cm³/mol. The number of amides is 3. The van der Waals surface area contributed by atoms with Gasteiger partial charge in [0.1, 0.15) is 30.1 Å². The molecule has 2 fully saturated rings. The molecule has 0 aromatic carbocycles. The van der Waals surface area contributed by atoms with Crippen molar-refractivity contribution in [1.29, 1.82) is 0 Å². The smallest absolute Gasteiger partial charge is 0.326 e. The Labute approximate surface area is 139 Å². The van der Waals surface area contributed by atoms with E-state index in [1.807, 2.05) is 6.92 Å². The summed E-state index contributed by atoms with van der Waals surface area (Å²) in [5.74, 6) is -0.307. The summed E-state index contributed by atoms with van der Waals surface area (Å²) >= 11 is 0. The molecule has 8 heteroatoms. The van der Waals surface area contributed by atoms with E-state index in [0.29, 0.717) is 17.9 Å². The van der Waals surface area contributed by atoms with Crippen molar-refractivity contribution in [2.75, 3.05) is 6.54 Å². The Morgan fingerprint density at radius 2 is 2.29 bits per heavy atom. The fourth-order valence-electron chi connectivity index (χ4n) is 3.45. The number of esters is 1. The highest BCUT2D eigenvalue weighted by Gasteiger charge is 2.55. The zero-order chi connectivity index (χ0) is 17.3. The van der Waals surface area contributed by atoms with Gasteiger partial charge in [0.25, 0.3) is 5.91 Å². The van der Waals surface area contributed by atoms with Crippen LogP contribution in [0.1, 0.15) is 44.1 Å². The lowest BCUT2D eigenvalue weighted by atomic mass is 9.73. The van der Waals surface area contributed by atoms with E-state index in [4.69, 9.17) is 9.26 Å². The molecular formula is C16H21N3O5. The molecule has 1 N–H and O–H groups in total. The molecule has 3 amide bonds. The van der Waals surface area contributed by atoms with Gasteiger partial charge in [-0.3, -0.25) is 14.5 Å². The number of hydrogen-bond donors (Lipinski definition) is 1. The zero-order valence-corrected chi connectivity index (χ0v) is 13.8. The van der Waals surface area contributed by atoms with Gasteiger partial charge in [-0.1, -0.05) is 24.9 Å². The Hall–Kier alpha value is -2.38. The molecule has 0 unspecified atom stereocenters. The molecule has 8 nitrogen and oxygen atoms in total. The molecule has 2 atom stereocenters. The van der Waals surface area contributed by atoms with Crippen LogP contribution in [-0.2, 0) is 20.9 Å². The van der Waals surface area contributed by atoms with Crippen LogP contribution in [0.5, 0.6) is 0 Å². The van der Waals surface area contributed by atoms with Crippen molar-refractivity contribution in [2.45, 2.75) is 51.7 Å². The number of hydrogen-bond acceptors (Lipinski definition) is 6. The molecule has 0 radical (unpaired) electrons. The Morgan fingerprint density at radius 3 is 2.96 bits per heavy atom. The third-order valence-corrected chi connectivity index (χ3v) is 4.85. The third kappa shape index (κ3) is 2.88. The SMILES string of the molecule is Cc1cc(COC(=O)CN2C(=O)N[C@]3(CCCC[C@@H]3C)C2=O)no1. The molecule has 2 heterocycles. The van der Waals surface area contributed by atoms with Gasteiger partial charge in [0, 0.05) is 6.07 Å². The number of aromatic nitrogens is 1. The summed E-state index contributed by atoms with van der Waals surface area (Å²) in [6.07, 6.45) is 3.43. The van der Waals surface area contributed by atoms with Gasteiger partial charge in [-0.2, -0.15) is 0 Å². The van der Waals surface area contributed by atoms with Crippen LogP contribution >= 0.6 is 0 Å². The first-order valence-electron chi connectivity index (χ1n) is 8.14. The molecule has 1 spiro atoms. The van der Waals surface area contributed by atoms with Crippen LogP contribution in [0, 0.1) is 12.8 Å². The molecule has 130 valence electrons. The highest BCUT2D eigenvalue weighted by atomic mass is 16.5. The molecule has 1 saturated heterocycles. The van der Waals surface area contributed by atoms with E-state index in [2.05, 4.69) is 10.5 Å². The quantitative estimate of drug-likeness (QED) is 0.661. The molecule has 0 bridgehead atoms. The second kappa shape index (κ2) is 6.26. The number of ether oxygens (including phenoxy) is 1. The van der Waals surface area contributed by atoms with E-state index in [9.17, 15) is 14.4 Å². The molecule has 1 aliphatic heterocycles. The van der Waals surface area contributed by atoms with Crippen LogP contribution in [0.3, 0.4) is 0 Å². The second-order valence-corrected chi connectivity index (χ2v) is 6.53. The van der Waals surface area contributed by atoms with Crippen molar-refractivity contribution < 1.29 is 23.6 Å². The largest absolute Gasteiger partial charge is 0.458 e. The van der Waals surface area contributed by atoms with Gasteiger partial charge < -0.3 is 14.6 Å². The van der Waals surface area contributed by atoms with Crippen LogP contribution in [0.25, 0.3) is 0 Å². The first-order chi connectivity index (χ1) is 11.4. The van der Waals surface area contributed by atoms with Crippen molar-refractivity contribution in [2.24, 2.45) is 5.92 Å². The predicted octanol–water partition coefficient (Wildman–Crippen LogP) is 1.53. The van der Waals surface area contributed by atoms with Crippen LogP contribution in [0.15, 0.2) is 10.6 Å². The molecule has 1 aromatic rings. The summed E-state index contributed by atoms with van der Waals surface area (Å²) in [4.78, 5) is 37.8. The lowest BCUT2D eigenvalue weighted by Crippen LogP contribution is -2.54. The molecule has 3 rings (SSSR count). The van der Waals surface area contributed by atoms with Crippen molar-refractivity contribution in [3.8, 4) is 0 Å². The standard InChI is InChI=1S/C16H21N3O5/c1-10-5-3-4-6-16(10)14(21)19(15(22)17-16)8-13(20)23-9-12-7-11(2)24-18-12/h7,10H,3-6,8-9H2,1-2H3,(H,17,22)/t10-,16-/m0/s1. The minimum atomic E-state index is -0.862. The van der Waals surface area contributed by atoms with Crippen LogP contribution < -0.4 is 5.32 Å². The Balaban J connectivity index is 1.61. The maximum Gasteiger partial charge on any atom is 0.326 e. The first-order valence-corrected chi connectivity index (χ1v) is 8.14. The van der Waals surface area contributed by atoms with Gasteiger partial charge in [-0.15, -0.1) is 0 Å². The molecule has 24 heavy (non-hydrogen) atoms. The summed E-state index contributed by atoms with van der Waals surface area (Å²) in [5.41, 5.74) is -0.380. The highest BCUT2D eigenvalue weighted by molar-refractivity contribution is 6.08. The second-order valence-electron chi connectivity index (χ2n) is 6.53. The minimum absolute atomic E-state index is 0.0542. The topological polar surface area (TPSA) is 102 Å². The van der Waals surface area contributed by atoms with E-state index in [1.54, 1.807) is 13.0 Å². The van der Waals surface area contributed by atoms with Crippen LogP contribution in [-0.4, -0.2) is 40.0 Å². The van der Waals surface area contributed by atoms with E-state index in [-0.39, 0.29) is 18.4 Å². The van der Waals surface area contributed by atoms with Gasteiger partial charge >= 0.3 is 12.0 Å². The molecule has 2 aliphatic rings. The zero-order valence-electron chi connectivity index (χ0n) is 13.8. The number of carbonyl (C=O) groups is 3. The Morgan fingerprint density at radius 1 is 1.50 bits per heavy atom. The highest BCUT2D eigenvalue weighted by Crippen LogP contribution is 2.38. The number of nitrogens with one attached hydrogen (secondary N) is 1. The average molecular weight is 335 g/mol. The van der Waals surface area contributed by atoms with E-state index >= 15 is 0 Å². The molecule has 1 saturated carbocycles. The van der Waals surface area contributed by atoms with Gasteiger partial charge in [-0.05, 0) is 25.7 Å². The van der Waals surface area contributed by atoms with Gasteiger partial charge in [0.15, 0.2) is 0 Å². The molecule has 1 aromatic heterocycles. The normalized spacial score (nSPS) is 26.8. The van der Waals surface area contributed by atoms with Gasteiger partial charge in [0.05, 0.1) is 0 Å². The Bertz CT molecular complexity index is 670. The van der Waals surface area contributed by atoms with E-state index < -0.39 is 24.1 Å². The van der Waals surface area contributed by atoms with E-state index in [1.165, 1.54) is 0 Å². The molecule has 1 aliphatic carbocycles. The Kier molecular flexibility index (Phi) is 4.29. The summed E-state index contributed by atoms with van der Waals surface area (Å²) in [6.45, 7) is 3.25.